The minimum atomic E-state index is 0.176. The molecular formula is C22H28N2O3. The van der Waals surface area contributed by atoms with Crippen molar-refractivity contribution in [1.29, 1.82) is 0 Å². The van der Waals surface area contributed by atoms with Gasteiger partial charge in [0.2, 0.25) is 0 Å². The Morgan fingerprint density at radius 1 is 1.07 bits per heavy atom. The Kier molecular flexibility index (Phi) is 8.39. The van der Waals surface area contributed by atoms with Crippen LogP contribution < -0.4 is 15.4 Å². The zero-order valence-electron chi connectivity index (χ0n) is 16.0. The monoisotopic (exact) mass is 368 g/mol. The normalized spacial score (nSPS) is 10.9. The largest absolute Gasteiger partial charge is 0.506 e. The molecule has 0 heterocycles. The van der Waals surface area contributed by atoms with E-state index in [0.29, 0.717) is 12.3 Å². The number of benzene rings is 2. The summed E-state index contributed by atoms with van der Waals surface area (Å²) in [5.41, 5.74) is 3.82. The first-order valence-electron chi connectivity index (χ1n) is 9.26. The standard InChI is InChI=1S/C22H28N2O3/c1-3-27-19-9-6-17(7-10-19)12-14-24-15-13-18-8-11-21(26)22(23-2)20(18)5-4-16-25/h4-11,16,23-24,26H,3,12-15H2,1-2H3/b5-4-. The zero-order chi connectivity index (χ0) is 19.5. The molecule has 2 aromatic rings. The van der Waals surface area contributed by atoms with E-state index in [0.717, 1.165) is 49.1 Å². The molecule has 3 N–H and O–H groups in total. The van der Waals surface area contributed by atoms with Crippen LogP contribution in [0.5, 0.6) is 11.5 Å². The van der Waals surface area contributed by atoms with Gasteiger partial charge >= 0.3 is 0 Å². The highest BCUT2D eigenvalue weighted by Gasteiger charge is 2.09. The second-order valence-corrected chi connectivity index (χ2v) is 6.10. The fourth-order valence-corrected chi connectivity index (χ4v) is 2.96. The Morgan fingerprint density at radius 3 is 2.48 bits per heavy atom. The number of aromatic hydroxyl groups is 1. The van der Waals surface area contributed by atoms with Crippen molar-refractivity contribution in [2.45, 2.75) is 19.8 Å². The molecule has 2 aromatic carbocycles. The fourth-order valence-electron chi connectivity index (χ4n) is 2.96. The quantitative estimate of drug-likeness (QED) is 0.245. The summed E-state index contributed by atoms with van der Waals surface area (Å²) in [6.07, 6.45) is 5.66. The molecule has 0 bridgehead atoms. The van der Waals surface area contributed by atoms with Crippen molar-refractivity contribution in [2.75, 3.05) is 32.1 Å². The minimum absolute atomic E-state index is 0.176. The highest BCUT2D eigenvalue weighted by atomic mass is 16.5. The molecule has 5 nitrogen and oxygen atoms in total. The van der Waals surface area contributed by atoms with Gasteiger partial charge in [-0.2, -0.15) is 0 Å². The Labute approximate surface area is 161 Å². The molecule has 0 aliphatic heterocycles. The maximum atomic E-state index is 10.7. The highest BCUT2D eigenvalue weighted by molar-refractivity contribution is 5.81. The first-order valence-corrected chi connectivity index (χ1v) is 9.26. The number of phenols is 1. The van der Waals surface area contributed by atoms with Crippen molar-refractivity contribution in [1.82, 2.24) is 5.32 Å². The van der Waals surface area contributed by atoms with Gasteiger partial charge in [-0.05, 0) is 74.3 Å². The van der Waals surface area contributed by atoms with E-state index in [1.165, 1.54) is 11.6 Å². The summed E-state index contributed by atoms with van der Waals surface area (Å²) in [7, 11) is 1.76. The fraction of sp³-hybridized carbons (Fsp3) is 0.318. The van der Waals surface area contributed by atoms with E-state index in [1.54, 1.807) is 19.2 Å². The molecule has 0 atom stereocenters. The van der Waals surface area contributed by atoms with E-state index in [4.69, 9.17) is 4.74 Å². The number of nitrogens with one attached hydrogen (secondary N) is 2. The lowest BCUT2D eigenvalue weighted by atomic mass is 10.0. The van der Waals surface area contributed by atoms with Crippen molar-refractivity contribution < 1.29 is 14.6 Å². The van der Waals surface area contributed by atoms with Crippen LogP contribution >= 0.6 is 0 Å². The van der Waals surface area contributed by atoms with E-state index in [-0.39, 0.29) is 5.75 Å². The summed E-state index contributed by atoms with van der Waals surface area (Å²) in [6.45, 7) is 4.35. The number of carbonyl (C=O) groups is 1. The van der Waals surface area contributed by atoms with Crippen LogP contribution in [-0.4, -0.2) is 38.1 Å². The molecule has 0 saturated carbocycles. The molecule has 5 heteroatoms. The van der Waals surface area contributed by atoms with Gasteiger partial charge < -0.3 is 20.5 Å². The van der Waals surface area contributed by atoms with Gasteiger partial charge in [-0.1, -0.05) is 18.2 Å². The van der Waals surface area contributed by atoms with Gasteiger partial charge in [0.05, 0.1) is 12.3 Å². The molecule has 0 spiro atoms. The van der Waals surface area contributed by atoms with Crippen LogP contribution in [0.1, 0.15) is 23.6 Å². The third-order valence-corrected chi connectivity index (χ3v) is 4.30. The molecule has 144 valence electrons. The molecule has 0 saturated heterocycles. The average molecular weight is 368 g/mol. The molecule has 0 amide bonds. The second kappa shape index (κ2) is 11.0. The van der Waals surface area contributed by atoms with Crippen LogP contribution in [-0.2, 0) is 17.6 Å². The molecule has 0 aliphatic carbocycles. The molecule has 0 radical (unpaired) electrons. The van der Waals surface area contributed by atoms with Gasteiger partial charge in [-0.3, -0.25) is 4.79 Å². The van der Waals surface area contributed by atoms with Gasteiger partial charge in [0, 0.05) is 12.6 Å². The number of rotatable bonds is 11. The van der Waals surface area contributed by atoms with E-state index >= 15 is 0 Å². The number of phenolic OH excluding ortho intramolecular Hbond substituents is 1. The topological polar surface area (TPSA) is 70.6 Å². The summed E-state index contributed by atoms with van der Waals surface area (Å²) in [5, 5.41) is 16.4. The number of aldehydes is 1. The molecule has 0 fully saturated rings. The molecule has 0 aromatic heterocycles. The Balaban J connectivity index is 1.87. The maximum Gasteiger partial charge on any atom is 0.142 e. The highest BCUT2D eigenvalue weighted by Crippen LogP contribution is 2.31. The lowest BCUT2D eigenvalue weighted by Gasteiger charge is -2.14. The smallest absolute Gasteiger partial charge is 0.142 e. The summed E-state index contributed by atoms with van der Waals surface area (Å²) in [4.78, 5) is 10.7. The number of hydrogen-bond donors (Lipinski definition) is 3. The predicted octanol–water partition coefficient (Wildman–Crippen LogP) is 3.42. The van der Waals surface area contributed by atoms with Crippen LogP contribution in [0.3, 0.4) is 0 Å². The zero-order valence-corrected chi connectivity index (χ0v) is 16.0. The summed E-state index contributed by atoms with van der Waals surface area (Å²) < 4.78 is 5.45. The van der Waals surface area contributed by atoms with Crippen LogP contribution in [0.25, 0.3) is 6.08 Å². The molecule has 27 heavy (non-hydrogen) atoms. The van der Waals surface area contributed by atoms with Gasteiger partial charge in [-0.15, -0.1) is 0 Å². The van der Waals surface area contributed by atoms with Gasteiger partial charge in [0.25, 0.3) is 0 Å². The lowest BCUT2D eigenvalue weighted by Crippen LogP contribution is -2.20. The number of ether oxygens (including phenoxy) is 1. The molecule has 0 aliphatic rings. The number of anilines is 1. The Bertz CT molecular complexity index is 755. The SMILES string of the molecule is CCOc1ccc(CCNCCc2ccc(O)c(NC)c2/C=C\C=O)cc1. The third kappa shape index (κ3) is 6.15. The maximum absolute atomic E-state index is 10.7. The van der Waals surface area contributed by atoms with Crippen molar-refractivity contribution in [3.8, 4) is 11.5 Å². The van der Waals surface area contributed by atoms with Gasteiger partial charge in [0.15, 0.2) is 0 Å². The van der Waals surface area contributed by atoms with Crippen molar-refractivity contribution in [3.05, 3.63) is 59.2 Å². The number of allylic oxidation sites excluding steroid dienone is 1. The van der Waals surface area contributed by atoms with Crippen molar-refractivity contribution in [3.63, 3.8) is 0 Å². The van der Waals surface area contributed by atoms with E-state index in [9.17, 15) is 9.90 Å². The third-order valence-electron chi connectivity index (χ3n) is 4.30. The van der Waals surface area contributed by atoms with Crippen LogP contribution in [0.15, 0.2) is 42.5 Å². The molecular weight excluding hydrogens is 340 g/mol. The first-order chi connectivity index (χ1) is 13.2. The lowest BCUT2D eigenvalue weighted by molar-refractivity contribution is -0.104. The van der Waals surface area contributed by atoms with Crippen LogP contribution in [0.4, 0.5) is 5.69 Å². The predicted molar refractivity (Wildman–Crippen MR) is 111 cm³/mol. The average Bonchev–Trinajstić information content (AvgIpc) is 2.68. The number of carbonyl (C=O) groups excluding carboxylic acids is 1. The first kappa shape index (κ1) is 20.5. The Hall–Kier alpha value is -2.79. The number of hydrogen-bond acceptors (Lipinski definition) is 5. The molecule has 0 unspecified atom stereocenters. The van der Waals surface area contributed by atoms with Crippen LogP contribution in [0.2, 0.25) is 0 Å². The van der Waals surface area contributed by atoms with Gasteiger partial charge in [-0.25, -0.2) is 0 Å². The summed E-state index contributed by atoms with van der Waals surface area (Å²) in [6, 6.07) is 11.8. The van der Waals surface area contributed by atoms with Crippen molar-refractivity contribution >= 4 is 18.0 Å². The second-order valence-electron chi connectivity index (χ2n) is 6.10. The van der Waals surface area contributed by atoms with E-state index in [2.05, 4.69) is 22.8 Å². The van der Waals surface area contributed by atoms with Gasteiger partial charge in [0.1, 0.15) is 17.8 Å². The minimum Gasteiger partial charge on any atom is -0.506 e. The Morgan fingerprint density at radius 2 is 1.81 bits per heavy atom. The van der Waals surface area contributed by atoms with Crippen molar-refractivity contribution in [2.24, 2.45) is 0 Å². The summed E-state index contributed by atoms with van der Waals surface area (Å²) >= 11 is 0. The summed E-state index contributed by atoms with van der Waals surface area (Å²) in [5.74, 6) is 1.08. The van der Waals surface area contributed by atoms with Crippen LogP contribution in [0, 0.1) is 0 Å². The molecule has 2 rings (SSSR count). The van der Waals surface area contributed by atoms with E-state index in [1.807, 2.05) is 25.1 Å². The van der Waals surface area contributed by atoms with E-state index < -0.39 is 0 Å².